The lowest BCUT2D eigenvalue weighted by Crippen LogP contribution is -2.54. The van der Waals surface area contributed by atoms with E-state index in [4.69, 9.17) is 4.74 Å². The minimum atomic E-state index is -1.00. The standard InChI is InChI=1S/C22H20N2O5/c1-12(2)13-6-8-14(9-7-13)29-17-5-3-4-15-19(17)22(28)24(21(15)27)16-10-11-18(25)23-20(16)26/h3-9,12,16H,10-11H2,1-2H3,(H,23,25,26). The number of piperidine rings is 1. The summed E-state index contributed by atoms with van der Waals surface area (Å²) in [7, 11) is 0. The molecule has 2 heterocycles. The van der Waals surface area contributed by atoms with Crippen LogP contribution in [0.25, 0.3) is 0 Å². The van der Waals surface area contributed by atoms with Crippen LogP contribution in [0.5, 0.6) is 11.5 Å². The van der Waals surface area contributed by atoms with Gasteiger partial charge in [-0.1, -0.05) is 32.0 Å². The molecule has 4 amide bonds. The van der Waals surface area contributed by atoms with Crippen LogP contribution >= 0.6 is 0 Å². The molecule has 0 bridgehead atoms. The first kappa shape index (κ1) is 18.9. The van der Waals surface area contributed by atoms with Crippen molar-refractivity contribution >= 4 is 23.6 Å². The molecule has 0 saturated carbocycles. The highest BCUT2D eigenvalue weighted by atomic mass is 16.5. The van der Waals surface area contributed by atoms with Gasteiger partial charge in [0.1, 0.15) is 17.5 Å². The number of ether oxygens (including phenoxy) is 1. The van der Waals surface area contributed by atoms with Crippen LogP contribution in [0.3, 0.4) is 0 Å². The zero-order valence-corrected chi connectivity index (χ0v) is 16.1. The predicted molar refractivity (Wildman–Crippen MR) is 104 cm³/mol. The van der Waals surface area contributed by atoms with E-state index in [2.05, 4.69) is 19.2 Å². The van der Waals surface area contributed by atoms with Crippen molar-refractivity contribution in [1.29, 1.82) is 0 Å². The molecule has 0 aliphatic carbocycles. The smallest absolute Gasteiger partial charge is 0.266 e. The number of hydrogen-bond acceptors (Lipinski definition) is 5. The number of benzene rings is 2. The van der Waals surface area contributed by atoms with Crippen molar-refractivity contribution in [2.45, 2.75) is 38.6 Å². The van der Waals surface area contributed by atoms with Crippen LogP contribution in [0, 0.1) is 0 Å². The first-order chi connectivity index (χ1) is 13.9. The van der Waals surface area contributed by atoms with Crippen molar-refractivity contribution < 1.29 is 23.9 Å². The van der Waals surface area contributed by atoms with Gasteiger partial charge < -0.3 is 4.74 Å². The number of fused-ring (bicyclic) bond motifs is 1. The second-order valence-electron chi connectivity index (χ2n) is 7.45. The molecule has 2 aromatic rings. The molecule has 0 radical (unpaired) electrons. The third-order valence-electron chi connectivity index (χ3n) is 5.20. The number of imide groups is 2. The van der Waals surface area contributed by atoms with Crippen molar-refractivity contribution in [3.8, 4) is 11.5 Å². The Labute approximate surface area is 167 Å². The fraction of sp³-hybridized carbons (Fsp3) is 0.273. The molecule has 0 aromatic heterocycles. The Morgan fingerprint density at radius 2 is 1.72 bits per heavy atom. The zero-order chi connectivity index (χ0) is 20.7. The third-order valence-corrected chi connectivity index (χ3v) is 5.20. The Balaban J connectivity index is 1.64. The molecule has 1 unspecified atom stereocenters. The Kier molecular flexibility index (Phi) is 4.66. The summed E-state index contributed by atoms with van der Waals surface area (Å²) in [5, 5.41) is 2.19. The molecule has 2 aromatic carbocycles. The summed E-state index contributed by atoms with van der Waals surface area (Å²) in [6.45, 7) is 4.18. The highest BCUT2D eigenvalue weighted by Gasteiger charge is 2.46. The lowest BCUT2D eigenvalue weighted by atomic mass is 10.0. The molecular weight excluding hydrogens is 372 g/mol. The van der Waals surface area contributed by atoms with Crippen LogP contribution in [0.1, 0.15) is 58.9 Å². The monoisotopic (exact) mass is 392 g/mol. The third kappa shape index (κ3) is 3.29. The van der Waals surface area contributed by atoms with Crippen LogP contribution in [-0.4, -0.2) is 34.6 Å². The highest BCUT2D eigenvalue weighted by molar-refractivity contribution is 6.24. The minimum absolute atomic E-state index is 0.0787. The lowest BCUT2D eigenvalue weighted by molar-refractivity contribution is -0.136. The van der Waals surface area contributed by atoms with Crippen molar-refractivity contribution in [2.24, 2.45) is 0 Å². The molecule has 1 fully saturated rings. The van der Waals surface area contributed by atoms with Gasteiger partial charge in [-0.2, -0.15) is 0 Å². The van der Waals surface area contributed by atoms with Crippen LogP contribution in [-0.2, 0) is 9.59 Å². The van der Waals surface area contributed by atoms with E-state index >= 15 is 0 Å². The maximum Gasteiger partial charge on any atom is 0.266 e. The minimum Gasteiger partial charge on any atom is -0.457 e. The summed E-state index contributed by atoms with van der Waals surface area (Å²) < 4.78 is 5.90. The van der Waals surface area contributed by atoms with Gasteiger partial charge in [0.05, 0.1) is 11.1 Å². The average molecular weight is 392 g/mol. The molecule has 7 heteroatoms. The zero-order valence-electron chi connectivity index (χ0n) is 16.1. The number of nitrogens with zero attached hydrogens (tertiary/aromatic N) is 1. The van der Waals surface area contributed by atoms with E-state index in [1.807, 2.05) is 24.3 Å². The molecule has 4 rings (SSSR count). The van der Waals surface area contributed by atoms with E-state index in [1.165, 1.54) is 6.07 Å². The largest absolute Gasteiger partial charge is 0.457 e. The first-order valence-corrected chi connectivity index (χ1v) is 9.49. The van der Waals surface area contributed by atoms with E-state index in [0.717, 1.165) is 10.5 Å². The number of hydrogen-bond donors (Lipinski definition) is 1. The molecule has 2 aliphatic heterocycles. The topological polar surface area (TPSA) is 92.8 Å². The quantitative estimate of drug-likeness (QED) is 0.808. The molecule has 29 heavy (non-hydrogen) atoms. The molecule has 1 N–H and O–H groups in total. The number of carbonyl (C=O) groups is 4. The molecular formula is C22H20N2O5. The van der Waals surface area contributed by atoms with Gasteiger partial charge in [-0.3, -0.25) is 29.4 Å². The molecule has 0 spiro atoms. The second-order valence-corrected chi connectivity index (χ2v) is 7.45. The van der Waals surface area contributed by atoms with Gasteiger partial charge in [-0.25, -0.2) is 0 Å². The van der Waals surface area contributed by atoms with Crippen LogP contribution < -0.4 is 10.1 Å². The maximum atomic E-state index is 13.0. The fourth-order valence-corrected chi connectivity index (χ4v) is 3.62. The van der Waals surface area contributed by atoms with Crippen molar-refractivity contribution in [3.63, 3.8) is 0 Å². The number of rotatable bonds is 4. The first-order valence-electron chi connectivity index (χ1n) is 9.49. The van der Waals surface area contributed by atoms with Gasteiger partial charge in [0.25, 0.3) is 11.8 Å². The van der Waals surface area contributed by atoms with Crippen molar-refractivity contribution in [3.05, 3.63) is 59.2 Å². The van der Waals surface area contributed by atoms with E-state index in [9.17, 15) is 19.2 Å². The van der Waals surface area contributed by atoms with E-state index in [-0.39, 0.29) is 29.7 Å². The summed E-state index contributed by atoms with van der Waals surface area (Å²) in [6, 6.07) is 11.3. The summed E-state index contributed by atoms with van der Waals surface area (Å²) >= 11 is 0. The Morgan fingerprint density at radius 3 is 2.38 bits per heavy atom. The normalized spacial score (nSPS) is 18.9. The molecule has 7 nitrogen and oxygen atoms in total. The fourth-order valence-electron chi connectivity index (χ4n) is 3.62. The number of nitrogens with one attached hydrogen (secondary N) is 1. The van der Waals surface area contributed by atoms with Crippen LogP contribution in [0.15, 0.2) is 42.5 Å². The van der Waals surface area contributed by atoms with Gasteiger partial charge in [-0.15, -0.1) is 0 Å². The van der Waals surface area contributed by atoms with E-state index < -0.39 is 29.7 Å². The lowest BCUT2D eigenvalue weighted by Gasteiger charge is -2.27. The van der Waals surface area contributed by atoms with Gasteiger partial charge >= 0.3 is 0 Å². The Hall–Kier alpha value is -3.48. The van der Waals surface area contributed by atoms with Gasteiger partial charge in [-0.05, 0) is 42.2 Å². The van der Waals surface area contributed by atoms with Crippen LogP contribution in [0.4, 0.5) is 0 Å². The highest BCUT2D eigenvalue weighted by Crippen LogP contribution is 2.36. The maximum absolute atomic E-state index is 13.0. The Bertz CT molecular complexity index is 1030. The van der Waals surface area contributed by atoms with Crippen molar-refractivity contribution in [2.75, 3.05) is 0 Å². The second kappa shape index (κ2) is 7.16. The van der Waals surface area contributed by atoms with Crippen molar-refractivity contribution in [1.82, 2.24) is 10.2 Å². The molecule has 1 atom stereocenters. The summed E-state index contributed by atoms with van der Waals surface area (Å²) in [4.78, 5) is 50.4. The summed E-state index contributed by atoms with van der Waals surface area (Å²) in [6.07, 6.45) is 0.193. The Morgan fingerprint density at radius 1 is 1.00 bits per heavy atom. The molecule has 1 saturated heterocycles. The van der Waals surface area contributed by atoms with E-state index in [1.54, 1.807) is 12.1 Å². The predicted octanol–water partition coefficient (Wildman–Crippen LogP) is 3.00. The average Bonchev–Trinajstić information content (AvgIpc) is 2.94. The molecule has 2 aliphatic rings. The van der Waals surface area contributed by atoms with Gasteiger partial charge in [0, 0.05) is 6.42 Å². The van der Waals surface area contributed by atoms with Gasteiger partial charge in [0.2, 0.25) is 11.8 Å². The summed E-state index contributed by atoms with van der Waals surface area (Å²) in [5.74, 6) is -1.00. The number of amides is 4. The van der Waals surface area contributed by atoms with E-state index in [0.29, 0.717) is 11.7 Å². The number of carbonyl (C=O) groups excluding carboxylic acids is 4. The SMILES string of the molecule is CC(C)c1ccc(Oc2cccc3c2C(=O)N(C2CCC(=O)NC2=O)C3=O)cc1. The molecule has 148 valence electrons. The van der Waals surface area contributed by atoms with Gasteiger partial charge in [0.15, 0.2) is 0 Å². The van der Waals surface area contributed by atoms with Crippen LogP contribution in [0.2, 0.25) is 0 Å². The summed E-state index contributed by atoms with van der Waals surface area (Å²) in [5.41, 5.74) is 1.48.